The van der Waals surface area contributed by atoms with Crippen molar-refractivity contribution >= 4 is 22.7 Å². The first kappa shape index (κ1) is 14.6. The number of aromatic nitrogens is 1. The fourth-order valence-corrected chi connectivity index (χ4v) is 1.13. The number of nitro groups is 1. The highest BCUT2D eigenvalue weighted by atomic mass is 35.5. The molecule has 0 fully saturated rings. The van der Waals surface area contributed by atoms with E-state index in [9.17, 15) is 14.9 Å². The van der Waals surface area contributed by atoms with E-state index in [1.807, 2.05) is 18.2 Å². The molecule has 7 heteroatoms. The number of benzene rings is 1. The van der Waals surface area contributed by atoms with Gasteiger partial charge in [-0.1, -0.05) is 6.07 Å². The van der Waals surface area contributed by atoms with Gasteiger partial charge in [0.1, 0.15) is 5.75 Å². The van der Waals surface area contributed by atoms with E-state index in [0.29, 0.717) is 0 Å². The molecule has 1 aromatic heterocycles. The maximum atomic E-state index is 10.2. The molecule has 0 N–H and O–H groups in total. The summed E-state index contributed by atoms with van der Waals surface area (Å²) in [6, 6.07) is 10.7. The van der Waals surface area contributed by atoms with E-state index in [1.54, 1.807) is 12.4 Å². The standard InChI is InChI=1S/C7H4ClNO4.C5H5N/c8-7(10)13-6-3-1-5(2-4-6)9(11)12;1-2-4-6-5-3-1/h1-4H;1-5H. The zero-order valence-corrected chi connectivity index (χ0v) is 10.4. The second-order valence-corrected chi connectivity index (χ2v) is 3.42. The topological polar surface area (TPSA) is 82.3 Å². The minimum atomic E-state index is -0.978. The van der Waals surface area contributed by atoms with Crippen molar-refractivity contribution in [2.75, 3.05) is 0 Å². The number of halogens is 1. The first-order chi connectivity index (χ1) is 9.09. The van der Waals surface area contributed by atoms with Crippen LogP contribution in [0.25, 0.3) is 0 Å². The lowest BCUT2D eigenvalue weighted by Crippen LogP contribution is -1.96. The fourth-order valence-electron chi connectivity index (χ4n) is 1.04. The van der Waals surface area contributed by atoms with Crippen LogP contribution in [0.2, 0.25) is 0 Å². The first-order valence-electron chi connectivity index (χ1n) is 5.06. The van der Waals surface area contributed by atoms with E-state index in [1.165, 1.54) is 24.3 Å². The average molecular weight is 281 g/mol. The van der Waals surface area contributed by atoms with Gasteiger partial charge in [-0.25, -0.2) is 4.79 Å². The molecule has 2 aromatic rings. The molecule has 0 amide bonds. The van der Waals surface area contributed by atoms with Gasteiger partial charge in [0.2, 0.25) is 0 Å². The molecule has 0 spiro atoms. The Kier molecular flexibility index (Phi) is 5.97. The van der Waals surface area contributed by atoms with Gasteiger partial charge in [0.05, 0.1) is 4.92 Å². The van der Waals surface area contributed by atoms with E-state index >= 15 is 0 Å². The van der Waals surface area contributed by atoms with Crippen molar-refractivity contribution in [1.82, 2.24) is 4.98 Å². The lowest BCUT2D eigenvalue weighted by atomic mass is 10.3. The van der Waals surface area contributed by atoms with Crippen LogP contribution in [0.15, 0.2) is 54.9 Å². The molecular formula is C12H9ClN2O4. The van der Waals surface area contributed by atoms with Gasteiger partial charge in [-0.15, -0.1) is 0 Å². The molecule has 1 heterocycles. The van der Waals surface area contributed by atoms with Gasteiger partial charge in [0.25, 0.3) is 5.69 Å². The Hall–Kier alpha value is -2.47. The number of carbonyl (C=O) groups excluding carboxylic acids is 1. The average Bonchev–Trinajstić information content (AvgIpc) is 2.41. The zero-order chi connectivity index (χ0) is 14.1. The van der Waals surface area contributed by atoms with Crippen molar-refractivity contribution < 1.29 is 14.5 Å². The second kappa shape index (κ2) is 7.78. The highest BCUT2D eigenvalue weighted by Crippen LogP contribution is 2.17. The van der Waals surface area contributed by atoms with Crippen LogP contribution >= 0.6 is 11.6 Å². The van der Waals surface area contributed by atoms with E-state index in [0.717, 1.165) is 0 Å². The molecule has 1 aromatic carbocycles. The lowest BCUT2D eigenvalue weighted by molar-refractivity contribution is -0.384. The highest BCUT2D eigenvalue weighted by molar-refractivity contribution is 6.61. The van der Waals surface area contributed by atoms with Gasteiger partial charge in [-0.2, -0.15) is 0 Å². The molecule has 0 aliphatic heterocycles. The number of nitrogens with zero attached hydrogens (tertiary/aromatic N) is 2. The van der Waals surface area contributed by atoms with Gasteiger partial charge in [0, 0.05) is 36.1 Å². The molecule has 0 radical (unpaired) electrons. The Morgan fingerprint density at radius 2 is 1.74 bits per heavy atom. The molecule has 0 saturated carbocycles. The van der Waals surface area contributed by atoms with Crippen molar-refractivity contribution in [2.45, 2.75) is 0 Å². The molecule has 0 bridgehead atoms. The van der Waals surface area contributed by atoms with Crippen LogP contribution in [0, 0.1) is 10.1 Å². The molecule has 19 heavy (non-hydrogen) atoms. The Morgan fingerprint density at radius 3 is 2.05 bits per heavy atom. The van der Waals surface area contributed by atoms with Crippen LogP contribution in [0.3, 0.4) is 0 Å². The Labute approximate surface area is 113 Å². The van der Waals surface area contributed by atoms with Crippen LogP contribution in [-0.4, -0.2) is 15.3 Å². The summed E-state index contributed by atoms with van der Waals surface area (Å²) in [5, 5.41) is 10.2. The van der Waals surface area contributed by atoms with E-state index in [4.69, 9.17) is 11.6 Å². The summed E-state index contributed by atoms with van der Waals surface area (Å²) in [5.74, 6) is 0.172. The molecule has 0 unspecified atom stereocenters. The third kappa shape index (κ3) is 6.13. The maximum absolute atomic E-state index is 10.2. The second-order valence-electron chi connectivity index (χ2n) is 3.12. The summed E-state index contributed by atoms with van der Waals surface area (Å²) < 4.78 is 4.45. The van der Waals surface area contributed by atoms with Crippen LogP contribution in [0.4, 0.5) is 10.5 Å². The molecular weight excluding hydrogens is 272 g/mol. The van der Waals surface area contributed by atoms with Gasteiger partial charge >= 0.3 is 5.43 Å². The van der Waals surface area contributed by atoms with Gasteiger partial charge < -0.3 is 4.74 Å². The summed E-state index contributed by atoms with van der Waals surface area (Å²) in [7, 11) is 0. The third-order valence-corrected chi connectivity index (χ3v) is 1.89. The number of hydrogen-bond donors (Lipinski definition) is 0. The zero-order valence-electron chi connectivity index (χ0n) is 9.60. The normalized spacial score (nSPS) is 8.89. The quantitative estimate of drug-likeness (QED) is 0.478. The van der Waals surface area contributed by atoms with E-state index < -0.39 is 10.4 Å². The van der Waals surface area contributed by atoms with Crippen molar-refractivity contribution in [1.29, 1.82) is 0 Å². The van der Waals surface area contributed by atoms with Crippen molar-refractivity contribution in [3.05, 3.63) is 65.0 Å². The molecule has 0 saturated heterocycles. The number of ether oxygens (including phenoxy) is 1. The van der Waals surface area contributed by atoms with Crippen molar-refractivity contribution in [3.8, 4) is 5.75 Å². The van der Waals surface area contributed by atoms with E-state index in [2.05, 4.69) is 9.72 Å². The maximum Gasteiger partial charge on any atom is 0.409 e. The summed E-state index contributed by atoms with van der Waals surface area (Å²) in [6.07, 6.45) is 3.50. The predicted octanol–water partition coefficient (Wildman–Crippen LogP) is 3.41. The minimum Gasteiger partial charge on any atom is -0.414 e. The number of non-ortho nitro benzene ring substituents is 1. The number of nitro benzene ring substituents is 1. The summed E-state index contributed by atoms with van der Waals surface area (Å²) in [4.78, 5) is 23.7. The molecule has 0 aliphatic rings. The lowest BCUT2D eigenvalue weighted by Gasteiger charge is -1.97. The third-order valence-electron chi connectivity index (χ3n) is 1.81. The van der Waals surface area contributed by atoms with Crippen LogP contribution in [0.5, 0.6) is 5.75 Å². The van der Waals surface area contributed by atoms with E-state index in [-0.39, 0.29) is 11.4 Å². The smallest absolute Gasteiger partial charge is 0.409 e. The van der Waals surface area contributed by atoms with Crippen LogP contribution in [0.1, 0.15) is 0 Å². The number of pyridine rings is 1. The first-order valence-corrected chi connectivity index (χ1v) is 5.44. The molecule has 2 rings (SSSR count). The number of carbonyl (C=O) groups is 1. The molecule has 6 nitrogen and oxygen atoms in total. The van der Waals surface area contributed by atoms with Crippen molar-refractivity contribution in [3.63, 3.8) is 0 Å². The summed E-state index contributed by atoms with van der Waals surface area (Å²) >= 11 is 4.92. The van der Waals surface area contributed by atoms with Gasteiger partial charge in [-0.05, 0) is 24.3 Å². The SMILES string of the molecule is O=C(Cl)Oc1ccc([N+](=O)[O-])cc1.c1ccncc1. The molecule has 0 atom stereocenters. The molecule has 98 valence electrons. The largest absolute Gasteiger partial charge is 0.414 e. The fraction of sp³-hybridized carbons (Fsp3) is 0. The number of hydrogen-bond acceptors (Lipinski definition) is 5. The Bertz CT molecular complexity index is 504. The van der Waals surface area contributed by atoms with Crippen molar-refractivity contribution in [2.24, 2.45) is 0 Å². The Morgan fingerprint density at radius 1 is 1.16 bits per heavy atom. The number of rotatable bonds is 2. The van der Waals surface area contributed by atoms with Crippen LogP contribution < -0.4 is 4.74 Å². The van der Waals surface area contributed by atoms with Gasteiger partial charge in [-0.3, -0.25) is 15.1 Å². The monoisotopic (exact) mass is 280 g/mol. The predicted molar refractivity (Wildman–Crippen MR) is 69.2 cm³/mol. The highest BCUT2D eigenvalue weighted by Gasteiger charge is 2.05. The molecule has 0 aliphatic carbocycles. The minimum absolute atomic E-state index is 0.0747. The summed E-state index contributed by atoms with van der Waals surface area (Å²) in [6.45, 7) is 0. The summed E-state index contributed by atoms with van der Waals surface area (Å²) in [5.41, 5.74) is -1.05. The van der Waals surface area contributed by atoms with Gasteiger partial charge in [0.15, 0.2) is 0 Å². The Balaban J connectivity index is 0.000000250. The van der Waals surface area contributed by atoms with Crippen LogP contribution in [-0.2, 0) is 0 Å².